The molecule has 1 N–H and O–H groups in total. The molecule has 0 aliphatic heterocycles. The summed E-state index contributed by atoms with van der Waals surface area (Å²) in [6.07, 6.45) is 5.41. The van der Waals surface area contributed by atoms with Crippen LogP contribution in [-0.4, -0.2) is 5.11 Å². The van der Waals surface area contributed by atoms with Crippen LogP contribution in [0.25, 0.3) is 0 Å². The maximum atomic E-state index is 9.24. The average Bonchev–Trinajstić information content (AvgIpc) is 1.87. The van der Waals surface area contributed by atoms with Crippen LogP contribution in [0.3, 0.4) is 0 Å². The Bertz CT molecular complexity index is 83.9. The van der Waals surface area contributed by atoms with Gasteiger partial charge in [-0.25, -0.2) is 12.5 Å². The van der Waals surface area contributed by atoms with E-state index in [1.807, 2.05) is 0 Å². The Balaban J connectivity index is 0. The summed E-state index contributed by atoms with van der Waals surface area (Å²) in [5.41, 5.74) is 0. The minimum absolute atomic E-state index is 0. The molecule has 12 heavy (non-hydrogen) atoms. The summed E-state index contributed by atoms with van der Waals surface area (Å²) >= 11 is 0. The Morgan fingerprint density at radius 3 is 2.33 bits per heavy atom. The van der Waals surface area contributed by atoms with Gasteiger partial charge in [0.25, 0.3) is 0 Å². The van der Waals surface area contributed by atoms with Crippen LogP contribution in [0.2, 0.25) is 0 Å². The Kier molecular flexibility index (Phi) is 13.1. The van der Waals surface area contributed by atoms with Crippen LogP contribution in [0, 0.1) is 18.9 Å². The second-order valence-electron chi connectivity index (χ2n) is 3.46. The van der Waals surface area contributed by atoms with Crippen molar-refractivity contribution in [1.82, 2.24) is 0 Å². The van der Waals surface area contributed by atoms with Gasteiger partial charge in [0.05, 0.1) is 0 Å². The molecule has 0 unspecified atom stereocenters. The van der Waals surface area contributed by atoms with Gasteiger partial charge in [0, 0.05) is 32.7 Å². The summed E-state index contributed by atoms with van der Waals surface area (Å²) in [4.78, 5) is 0. The number of aliphatic hydroxyl groups excluding tert-OH is 1. The van der Waals surface area contributed by atoms with Crippen LogP contribution in [-0.2, 0) is 32.7 Å². The molecule has 0 amide bonds. The predicted molar refractivity (Wildman–Crippen MR) is 48.5 cm³/mol. The van der Waals surface area contributed by atoms with E-state index in [1.165, 1.54) is 6.42 Å². The van der Waals surface area contributed by atoms with Crippen LogP contribution in [0.5, 0.6) is 0 Å². The van der Waals surface area contributed by atoms with Crippen molar-refractivity contribution in [3.63, 3.8) is 0 Å². The fraction of sp³-hybridized carbons (Fsp3) is 0.800. The van der Waals surface area contributed by atoms with Gasteiger partial charge < -0.3 is 12.0 Å². The molecule has 0 bridgehead atoms. The minimum Gasteiger partial charge on any atom is -0.563 e. The average molecular weight is 245 g/mol. The van der Waals surface area contributed by atoms with E-state index >= 15 is 0 Å². The van der Waals surface area contributed by atoms with Crippen molar-refractivity contribution in [2.24, 2.45) is 5.92 Å². The normalized spacial score (nSPS) is 10.5. The molecule has 1 radical (unpaired) electrons. The number of hydrogen-bond acceptors (Lipinski definition) is 1. The van der Waals surface area contributed by atoms with Crippen LogP contribution in [0.4, 0.5) is 0 Å². The Morgan fingerprint density at radius 1 is 1.33 bits per heavy atom. The van der Waals surface area contributed by atoms with E-state index in [9.17, 15) is 5.11 Å². The van der Waals surface area contributed by atoms with Crippen molar-refractivity contribution in [2.75, 3.05) is 0 Å². The van der Waals surface area contributed by atoms with Gasteiger partial charge in [0.2, 0.25) is 0 Å². The first kappa shape index (κ1) is 15.5. The number of hydrogen-bond donors (Lipinski definition) is 1. The second-order valence-corrected chi connectivity index (χ2v) is 3.46. The molecule has 0 fully saturated rings. The van der Waals surface area contributed by atoms with Crippen LogP contribution in [0.15, 0.2) is 0 Å². The van der Waals surface area contributed by atoms with E-state index in [0.29, 0.717) is 6.10 Å². The molecular formula is C10H20OY-2. The van der Waals surface area contributed by atoms with Crippen LogP contribution < -0.4 is 0 Å². The third kappa shape index (κ3) is 11.1. The van der Waals surface area contributed by atoms with E-state index in [4.69, 9.17) is 0 Å². The fourth-order valence-electron chi connectivity index (χ4n) is 1.04. The van der Waals surface area contributed by atoms with Crippen molar-refractivity contribution < 1.29 is 37.8 Å². The monoisotopic (exact) mass is 245 g/mol. The van der Waals surface area contributed by atoms with Gasteiger partial charge in [-0.15, -0.1) is 0 Å². The second kappa shape index (κ2) is 10.1. The summed E-state index contributed by atoms with van der Waals surface area (Å²) in [7, 11) is 0. The third-order valence-electron chi connectivity index (χ3n) is 1.71. The van der Waals surface area contributed by atoms with Crippen molar-refractivity contribution in [3.05, 3.63) is 13.0 Å². The van der Waals surface area contributed by atoms with Gasteiger partial charge in [-0.1, -0.05) is 26.7 Å². The number of rotatable bonds is 6. The van der Waals surface area contributed by atoms with Crippen molar-refractivity contribution in [1.29, 1.82) is 0 Å². The molecule has 0 aromatic rings. The summed E-state index contributed by atoms with van der Waals surface area (Å²) in [6, 6.07) is 0. The SMILES string of the molecule is [CH2-]CC[C-](O)CCCC(C)C.[Y]. The zero-order chi connectivity index (χ0) is 8.69. The molecule has 0 aliphatic rings. The van der Waals surface area contributed by atoms with Gasteiger partial charge in [-0.3, -0.25) is 0 Å². The van der Waals surface area contributed by atoms with E-state index in [2.05, 4.69) is 20.8 Å². The Hall–Kier alpha value is 1.06. The molecule has 2 heteroatoms. The van der Waals surface area contributed by atoms with Gasteiger partial charge in [0.1, 0.15) is 0 Å². The third-order valence-corrected chi connectivity index (χ3v) is 1.71. The first-order valence-corrected chi connectivity index (χ1v) is 4.49. The van der Waals surface area contributed by atoms with Gasteiger partial charge in [-0.05, 0) is 5.92 Å². The molecule has 0 aromatic carbocycles. The van der Waals surface area contributed by atoms with E-state index in [0.717, 1.165) is 31.6 Å². The molecule has 0 aliphatic carbocycles. The summed E-state index contributed by atoms with van der Waals surface area (Å²) in [5, 5.41) is 9.24. The van der Waals surface area contributed by atoms with Crippen molar-refractivity contribution >= 4 is 0 Å². The first-order valence-electron chi connectivity index (χ1n) is 4.49. The molecule has 0 heterocycles. The molecule has 71 valence electrons. The maximum Gasteiger partial charge on any atom is 0 e. The maximum absolute atomic E-state index is 9.24. The predicted octanol–water partition coefficient (Wildman–Crippen LogP) is 3.33. The first-order chi connectivity index (χ1) is 5.16. The summed E-state index contributed by atoms with van der Waals surface area (Å²) in [6.45, 7) is 8.10. The van der Waals surface area contributed by atoms with Crippen LogP contribution >= 0.6 is 0 Å². The van der Waals surface area contributed by atoms with Crippen molar-refractivity contribution in [3.8, 4) is 0 Å². The zero-order valence-electron chi connectivity index (χ0n) is 8.34. The van der Waals surface area contributed by atoms with Crippen LogP contribution in [0.1, 0.15) is 46.0 Å². The minimum atomic E-state index is 0. The standard InChI is InChI=1S/C10H20O.Y/c1-4-6-10(11)8-5-7-9(2)3;/h9,11H,1,4-8H2,2-3H3;/q-2;. The summed E-state index contributed by atoms with van der Waals surface area (Å²) < 4.78 is 0. The molecule has 0 rings (SSSR count). The van der Waals surface area contributed by atoms with Gasteiger partial charge >= 0.3 is 0 Å². The Morgan fingerprint density at radius 2 is 1.92 bits per heavy atom. The largest absolute Gasteiger partial charge is 0.563 e. The van der Waals surface area contributed by atoms with E-state index in [-0.39, 0.29) is 32.7 Å². The topological polar surface area (TPSA) is 20.2 Å². The van der Waals surface area contributed by atoms with Crippen molar-refractivity contribution in [2.45, 2.75) is 46.0 Å². The quantitative estimate of drug-likeness (QED) is 0.711. The fourth-order valence-corrected chi connectivity index (χ4v) is 1.04. The molecule has 1 nitrogen and oxygen atoms in total. The van der Waals surface area contributed by atoms with Gasteiger partial charge in [-0.2, -0.15) is 12.8 Å². The molecular weight excluding hydrogens is 225 g/mol. The number of aliphatic hydroxyl groups is 1. The van der Waals surface area contributed by atoms with E-state index in [1.54, 1.807) is 0 Å². The zero-order valence-corrected chi connectivity index (χ0v) is 11.2. The smallest absolute Gasteiger partial charge is 0 e. The summed E-state index contributed by atoms with van der Waals surface area (Å²) in [5.74, 6) is 0.752. The molecule has 0 spiro atoms. The Labute approximate surface area is 102 Å². The van der Waals surface area contributed by atoms with E-state index < -0.39 is 0 Å². The molecule has 0 atom stereocenters. The molecule has 0 saturated heterocycles. The molecule has 0 aromatic heterocycles. The molecule has 0 saturated carbocycles. The van der Waals surface area contributed by atoms with Gasteiger partial charge in [0.15, 0.2) is 0 Å².